The van der Waals surface area contributed by atoms with Gasteiger partial charge in [0.2, 0.25) is 11.7 Å². The van der Waals surface area contributed by atoms with E-state index in [1.807, 2.05) is 18.3 Å². The Morgan fingerprint density at radius 2 is 2.33 bits per heavy atom. The Morgan fingerprint density at radius 1 is 1.44 bits per heavy atom. The first-order chi connectivity index (χ1) is 8.83. The van der Waals surface area contributed by atoms with E-state index in [-0.39, 0.29) is 0 Å². The van der Waals surface area contributed by atoms with Crippen molar-refractivity contribution in [2.24, 2.45) is 11.7 Å². The molecule has 5 heteroatoms. The van der Waals surface area contributed by atoms with Crippen LogP contribution >= 0.6 is 0 Å². The van der Waals surface area contributed by atoms with Gasteiger partial charge in [-0.2, -0.15) is 4.98 Å². The maximum absolute atomic E-state index is 5.59. The maximum atomic E-state index is 5.59. The Balaban J connectivity index is 1.91. The van der Waals surface area contributed by atoms with Gasteiger partial charge in [0.15, 0.2) is 0 Å². The van der Waals surface area contributed by atoms with E-state index in [0.29, 0.717) is 17.6 Å². The minimum Gasteiger partial charge on any atom is -0.359 e. The van der Waals surface area contributed by atoms with Crippen molar-refractivity contribution in [3.05, 3.63) is 24.2 Å². The van der Waals surface area contributed by atoms with Gasteiger partial charge in [-0.3, -0.25) is 0 Å². The molecule has 0 radical (unpaired) electrons. The highest BCUT2D eigenvalue weighted by atomic mass is 16.5. The SMILES string of the molecule is CCC(CCN)CCc1nc(-c2ccc[nH]2)no1. The van der Waals surface area contributed by atoms with E-state index < -0.39 is 0 Å². The number of nitrogens with zero attached hydrogens (tertiary/aromatic N) is 2. The topological polar surface area (TPSA) is 80.7 Å². The van der Waals surface area contributed by atoms with Crippen LogP contribution in [0.2, 0.25) is 0 Å². The zero-order chi connectivity index (χ0) is 12.8. The number of nitrogens with two attached hydrogens (primary N) is 1. The van der Waals surface area contributed by atoms with Gasteiger partial charge in [-0.25, -0.2) is 0 Å². The van der Waals surface area contributed by atoms with E-state index in [0.717, 1.165) is 37.9 Å². The van der Waals surface area contributed by atoms with Crippen molar-refractivity contribution in [1.29, 1.82) is 0 Å². The summed E-state index contributed by atoms with van der Waals surface area (Å²) in [6, 6.07) is 3.84. The Kier molecular flexibility index (Phi) is 4.52. The van der Waals surface area contributed by atoms with E-state index in [4.69, 9.17) is 10.3 Å². The van der Waals surface area contributed by atoms with Crippen molar-refractivity contribution in [3.63, 3.8) is 0 Å². The summed E-state index contributed by atoms with van der Waals surface area (Å²) in [5.74, 6) is 1.98. The van der Waals surface area contributed by atoms with Gasteiger partial charge in [0.25, 0.3) is 0 Å². The molecule has 0 bridgehead atoms. The van der Waals surface area contributed by atoms with E-state index in [1.54, 1.807) is 0 Å². The van der Waals surface area contributed by atoms with Gasteiger partial charge >= 0.3 is 0 Å². The average molecular weight is 248 g/mol. The predicted molar refractivity (Wildman–Crippen MR) is 69.9 cm³/mol. The molecule has 0 aromatic carbocycles. The lowest BCUT2D eigenvalue weighted by atomic mass is 9.97. The zero-order valence-corrected chi connectivity index (χ0v) is 10.7. The Morgan fingerprint density at radius 3 is 3.00 bits per heavy atom. The molecule has 5 nitrogen and oxygen atoms in total. The molecule has 0 saturated heterocycles. The lowest BCUT2D eigenvalue weighted by molar-refractivity contribution is 0.354. The number of aryl methyl sites for hydroxylation is 1. The Labute approximate surface area is 107 Å². The maximum Gasteiger partial charge on any atom is 0.227 e. The van der Waals surface area contributed by atoms with Crippen molar-refractivity contribution >= 4 is 0 Å². The molecule has 1 atom stereocenters. The second-order valence-corrected chi connectivity index (χ2v) is 4.49. The minimum atomic E-state index is 0.627. The van der Waals surface area contributed by atoms with Crippen molar-refractivity contribution in [3.8, 4) is 11.5 Å². The molecule has 0 aliphatic rings. The van der Waals surface area contributed by atoms with Gasteiger partial charge in [0.05, 0.1) is 5.69 Å². The average Bonchev–Trinajstić information content (AvgIpc) is 3.04. The van der Waals surface area contributed by atoms with Crippen molar-refractivity contribution in [2.75, 3.05) is 6.54 Å². The van der Waals surface area contributed by atoms with Crippen LogP contribution in [0, 0.1) is 5.92 Å². The highest BCUT2D eigenvalue weighted by Crippen LogP contribution is 2.17. The molecule has 3 N–H and O–H groups in total. The number of H-pyrrole nitrogens is 1. The summed E-state index contributed by atoms with van der Waals surface area (Å²) in [4.78, 5) is 7.44. The molecule has 0 spiro atoms. The summed E-state index contributed by atoms with van der Waals surface area (Å²) < 4.78 is 5.25. The van der Waals surface area contributed by atoms with E-state index >= 15 is 0 Å². The fraction of sp³-hybridized carbons (Fsp3) is 0.538. The number of rotatable bonds is 7. The Bertz CT molecular complexity index is 449. The van der Waals surface area contributed by atoms with E-state index in [9.17, 15) is 0 Å². The highest BCUT2D eigenvalue weighted by Gasteiger charge is 2.11. The third-order valence-electron chi connectivity index (χ3n) is 3.23. The predicted octanol–water partition coefficient (Wildman–Crippen LogP) is 2.37. The largest absolute Gasteiger partial charge is 0.359 e. The van der Waals surface area contributed by atoms with Crippen LogP contribution in [0.1, 0.15) is 32.1 Å². The summed E-state index contributed by atoms with van der Waals surface area (Å²) in [6.45, 7) is 2.94. The molecular formula is C13H20N4O. The van der Waals surface area contributed by atoms with Gasteiger partial charge < -0.3 is 15.2 Å². The molecule has 0 amide bonds. The molecule has 0 aliphatic carbocycles. The molecule has 18 heavy (non-hydrogen) atoms. The van der Waals surface area contributed by atoms with Crippen LogP contribution in [0.15, 0.2) is 22.9 Å². The van der Waals surface area contributed by atoms with E-state index in [2.05, 4.69) is 22.0 Å². The molecule has 0 aliphatic heterocycles. The fourth-order valence-electron chi connectivity index (χ4n) is 2.05. The molecule has 2 rings (SSSR count). The molecule has 0 fully saturated rings. The molecule has 1 unspecified atom stereocenters. The normalized spacial score (nSPS) is 12.8. The minimum absolute atomic E-state index is 0.627. The summed E-state index contributed by atoms with van der Waals surface area (Å²) in [5, 5.41) is 3.97. The lowest BCUT2D eigenvalue weighted by Crippen LogP contribution is -2.09. The van der Waals surface area contributed by atoms with Crippen LogP contribution in [0.25, 0.3) is 11.5 Å². The van der Waals surface area contributed by atoms with Crippen LogP contribution in [0.3, 0.4) is 0 Å². The molecular weight excluding hydrogens is 228 g/mol. The second kappa shape index (κ2) is 6.35. The van der Waals surface area contributed by atoms with Gasteiger partial charge in [-0.1, -0.05) is 18.5 Å². The van der Waals surface area contributed by atoms with Gasteiger partial charge in [0, 0.05) is 12.6 Å². The number of hydrogen-bond donors (Lipinski definition) is 2. The van der Waals surface area contributed by atoms with Gasteiger partial charge in [-0.15, -0.1) is 0 Å². The number of nitrogens with one attached hydrogen (secondary N) is 1. The smallest absolute Gasteiger partial charge is 0.227 e. The first kappa shape index (κ1) is 12.8. The van der Waals surface area contributed by atoms with Crippen LogP contribution in [0.4, 0.5) is 0 Å². The first-order valence-electron chi connectivity index (χ1n) is 6.50. The Hall–Kier alpha value is -1.62. The standard InChI is InChI=1S/C13H20N4O/c1-2-10(7-8-14)5-6-12-16-13(17-18-12)11-4-3-9-15-11/h3-4,9-10,15H,2,5-8,14H2,1H3. The molecule has 98 valence electrons. The molecule has 2 aromatic heterocycles. The van der Waals surface area contributed by atoms with Gasteiger partial charge in [-0.05, 0) is 37.4 Å². The lowest BCUT2D eigenvalue weighted by Gasteiger charge is -2.11. The molecule has 2 aromatic rings. The zero-order valence-electron chi connectivity index (χ0n) is 10.7. The number of hydrogen-bond acceptors (Lipinski definition) is 4. The molecule has 2 heterocycles. The monoisotopic (exact) mass is 248 g/mol. The first-order valence-corrected chi connectivity index (χ1v) is 6.50. The van der Waals surface area contributed by atoms with E-state index in [1.165, 1.54) is 0 Å². The quantitative estimate of drug-likeness (QED) is 0.788. The van der Waals surface area contributed by atoms with Crippen LogP contribution in [-0.4, -0.2) is 21.7 Å². The second-order valence-electron chi connectivity index (χ2n) is 4.49. The number of aromatic nitrogens is 3. The number of aromatic amines is 1. The van der Waals surface area contributed by atoms with Crippen LogP contribution < -0.4 is 5.73 Å². The fourth-order valence-corrected chi connectivity index (χ4v) is 2.05. The van der Waals surface area contributed by atoms with Crippen LogP contribution in [0.5, 0.6) is 0 Å². The van der Waals surface area contributed by atoms with Crippen molar-refractivity contribution in [2.45, 2.75) is 32.6 Å². The highest BCUT2D eigenvalue weighted by molar-refractivity contribution is 5.47. The molecule has 0 saturated carbocycles. The van der Waals surface area contributed by atoms with Crippen LogP contribution in [-0.2, 0) is 6.42 Å². The third kappa shape index (κ3) is 3.20. The van der Waals surface area contributed by atoms with Crippen molar-refractivity contribution < 1.29 is 4.52 Å². The third-order valence-corrected chi connectivity index (χ3v) is 3.23. The summed E-state index contributed by atoms with van der Waals surface area (Å²) in [7, 11) is 0. The van der Waals surface area contributed by atoms with Crippen molar-refractivity contribution in [1.82, 2.24) is 15.1 Å². The van der Waals surface area contributed by atoms with Gasteiger partial charge in [0.1, 0.15) is 0 Å². The summed E-state index contributed by atoms with van der Waals surface area (Å²) >= 11 is 0. The summed E-state index contributed by atoms with van der Waals surface area (Å²) in [6.07, 6.45) is 5.94. The summed E-state index contributed by atoms with van der Waals surface area (Å²) in [5.41, 5.74) is 6.47.